The molecule has 1 aromatic carbocycles. The third-order valence-corrected chi connectivity index (χ3v) is 9.54. The molecule has 0 aromatic heterocycles. The van der Waals surface area contributed by atoms with E-state index >= 15 is 0 Å². The van der Waals surface area contributed by atoms with Crippen LogP contribution in [0.2, 0.25) is 0 Å². The Hall–Kier alpha value is -1.74. The van der Waals surface area contributed by atoms with E-state index in [9.17, 15) is 19.2 Å². The van der Waals surface area contributed by atoms with E-state index in [4.69, 9.17) is 4.74 Å². The van der Waals surface area contributed by atoms with Crippen LogP contribution in [0.4, 0.5) is 5.69 Å². The number of halogens is 2. The van der Waals surface area contributed by atoms with E-state index in [-0.39, 0.29) is 57.6 Å². The second kappa shape index (κ2) is 8.65. The smallest absolute Gasteiger partial charge is 0.338 e. The number of carbonyl (C=O) groups is 4. The molecule has 1 aliphatic heterocycles. The number of hydrogen-bond acceptors (Lipinski definition) is 5. The zero-order valence-corrected chi connectivity index (χ0v) is 20.4. The molecule has 3 fully saturated rings. The summed E-state index contributed by atoms with van der Waals surface area (Å²) in [7, 11) is 0. The van der Waals surface area contributed by atoms with Gasteiger partial charge in [-0.25, -0.2) is 4.79 Å². The number of benzene rings is 1. The maximum atomic E-state index is 12.9. The third kappa shape index (κ3) is 4.06. The molecule has 166 valence electrons. The number of anilines is 1. The molecular formula is C22H24Br2N2O5. The molecule has 2 saturated carbocycles. The Morgan fingerprint density at radius 1 is 1.06 bits per heavy atom. The van der Waals surface area contributed by atoms with Crippen molar-refractivity contribution in [1.82, 2.24) is 4.90 Å². The molecule has 4 rings (SSSR count). The van der Waals surface area contributed by atoms with Crippen molar-refractivity contribution in [3.05, 3.63) is 29.8 Å². The average molecular weight is 556 g/mol. The van der Waals surface area contributed by atoms with E-state index in [1.165, 1.54) is 0 Å². The van der Waals surface area contributed by atoms with Crippen molar-refractivity contribution in [2.24, 2.45) is 29.6 Å². The van der Waals surface area contributed by atoms with Gasteiger partial charge in [-0.1, -0.05) is 45.7 Å². The van der Waals surface area contributed by atoms with Crippen LogP contribution < -0.4 is 5.32 Å². The van der Waals surface area contributed by atoms with E-state index in [0.717, 1.165) is 11.3 Å². The summed E-state index contributed by atoms with van der Waals surface area (Å²) in [4.78, 5) is 51.7. The van der Waals surface area contributed by atoms with E-state index in [1.54, 1.807) is 24.3 Å². The van der Waals surface area contributed by atoms with Crippen LogP contribution >= 0.6 is 31.9 Å². The summed E-state index contributed by atoms with van der Waals surface area (Å²) >= 11 is 7.30. The van der Waals surface area contributed by atoms with E-state index in [2.05, 4.69) is 37.2 Å². The Labute approximate surface area is 197 Å². The molecule has 1 aromatic rings. The number of ether oxygens (including phenoxy) is 1. The second-order valence-electron chi connectivity index (χ2n) is 8.88. The maximum Gasteiger partial charge on any atom is 0.338 e. The fourth-order valence-corrected chi connectivity index (χ4v) is 6.80. The lowest BCUT2D eigenvalue weighted by Crippen LogP contribution is -2.39. The van der Waals surface area contributed by atoms with Crippen molar-refractivity contribution in [1.29, 1.82) is 0 Å². The van der Waals surface area contributed by atoms with Crippen molar-refractivity contribution >= 4 is 61.2 Å². The highest BCUT2D eigenvalue weighted by Gasteiger charge is 2.66. The molecule has 7 nitrogen and oxygen atoms in total. The molecule has 0 radical (unpaired) electrons. The minimum Gasteiger partial charge on any atom is -0.462 e. The van der Waals surface area contributed by atoms with Crippen LogP contribution in [0, 0.1) is 29.6 Å². The van der Waals surface area contributed by atoms with Crippen molar-refractivity contribution in [3.8, 4) is 0 Å². The van der Waals surface area contributed by atoms with Gasteiger partial charge in [0.2, 0.25) is 17.7 Å². The van der Waals surface area contributed by atoms with Gasteiger partial charge in [0.1, 0.15) is 6.54 Å². The lowest BCUT2D eigenvalue weighted by Gasteiger charge is -2.28. The van der Waals surface area contributed by atoms with Gasteiger partial charge in [0, 0.05) is 15.3 Å². The van der Waals surface area contributed by atoms with Crippen LogP contribution in [0.1, 0.15) is 30.6 Å². The van der Waals surface area contributed by atoms with Gasteiger partial charge < -0.3 is 10.1 Å². The van der Waals surface area contributed by atoms with Crippen LogP contribution in [0.25, 0.3) is 0 Å². The molecule has 2 aliphatic carbocycles. The molecule has 1 N–H and O–H groups in total. The number of nitrogens with zero attached hydrogens (tertiary/aromatic N) is 1. The number of carbonyl (C=O) groups excluding carboxylic acids is 4. The minimum absolute atomic E-state index is 0.117. The molecule has 1 heterocycles. The van der Waals surface area contributed by atoms with Crippen LogP contribution in [-0.2, 0) is 19.1 Å². The number of hydrogen-bond donors (Lipinski definition) is 1. The average Bonchev–Trinajstić information content (AvgIpc) is 3.33. The molecular weight excluding hydrogens is 532 g/mol. The number of nitrogens with one attached hydrogen (secondary N) is 1. The number of rotatable bonds is 6. The number of alkyl halides is 2. The molecule has 2 bridgehead atoms. The normalized spacial score (nSPS) is 31.3. The highest BCUT2D eigenvalue weighted by Crippen LogP contribution is 2.60. The number of imide groups is 1. The van der Waals surface area contributed by atoms with Gasteiger partial charge in [-0.15, -0.1) is 0 Å². The molecule has 3 aliphatic rings. The first-order valence-corrected chi connectivity index (χ1v) is 12.2. The predicted molar refractivity (Wildman–Crippen MR) is 121 cm³/mol. The number of amides is 3. The Kier molecular flexibility index (Phi) is 6.27. The van der Waals surface area contributed by atoms with E-state index in [0.29, 0.717) is 17.9 Å². The number of esters is 1. The van der Waals surface area contributed by atoms with Gasteiger partial charge in [-0.2, -0.15) is 0 Å². The minimum atomic E-state index is -0.449. The highest BCUT2D eigenvalue weighted by atomic mass is 79.9. The summed E-state index contributed by atoms with van der Waals surface area (Å²) in [6.07, 6.45) is 0.852. The van der Waals surface area contributed by atoms with Gasteiger partial charge >= 0.3 is 5.97 Å². The van der Waals surface area contributed by atoms with Gasteiger partial charge in [0.15, 0.2) is 0 Å². The molecule has 6 atom stereocenters. The second-order valence-corrected chi connectivity index (χ2v) is 11.0. The molecule has 9 heteroatoms. The predicted octanol–water partition coefficient (Wildman–Crippen LogP) is 3.22. The zero-order valence-electron chi connectivity index (χ0n) is 17.2. The number of fused-ring (bicyclic) bond motifs is 5. The van der Waals surface area contributed by atoms with Crippen LogP contribution in [0.5, 0.6) is 0 Å². The first-order valence-electron chi connectivity index (χ1n) is 10.4. The lowest BCUT2D eigenvalue weighted by molar-refractivity contribution is -0.143. The fourth-order valence-electron chi connectivity index (χ4n) is 4.93. The van der Waals surface area contributed by atoms with Crippen LogP contribution in [-0.4, -0.2) is 51.4 Å². The Morgan fingerprint density at radius 3 is 2.13 bits per heavy atom. The van der Waals surface area contributed by atoms with Gasteiger partial charge in [-0.3, -0.25) is 19.3 Å². The Balaban J connectivity index is 1.36. The summed E-state index contributed by atoms with van der Waals surface area (Å²) in [5, 5.41) is 2.69. The summed E-state index contributed by atoms with van der Waals surface area (Å²) in [6, 6.07) is 6.33. The van der Waals surface area contributed by atoms with Crippen LogP contribution in [0.15, 0.2) is 24.3 Å². The fraction of sp³-hybridized carbons (Fsp3) is 0.545. The quantitative estimate of drug-likeness (QED) is 0.330. The first kappa shape index (κ1) is 22.5. The summed E-state index contributed by atoms with van der Waals surface area (Å²) in [5.41, 5.74) is 0.867. The number of likely N-dealkylation sites (tertiary alicyclic amines) is 1. The lowest BCUT2D eigenvalue weighted by atomic mass is 9.81. The zero-order chi connectivity index (χ0) is 22.4. The van der Waals surface area contributed by atoms with Crippen molar-refractivity contribution in [2.75, 3.05) is 18.5 Å². The molecule has 3 amide bonds. The van der Waals surface area contributed by atoms with Crippen LogP contribution in [0.3, 0.4) is 0 Å². The molecule has 0 unspecified atom stereocenters. The standard InChI is InChI=1S/C22H24Br2N2O5/c1-10(2)9-31-22(30)11-3-5-12(6-4-11)25-15(27)8-26-20(28)16-13-7-14(17(16)21(26)29)19(24)18(13)23/h3-6,10,13-14,16-19H,7-9H2,1-2H3,(H,25,27)/t13-,14-,16-,17+,18-,19+/m0/s1. The summed E-state index contributed by atoms with van der Waals surface area (Å²) in [6.45, 7) is 3.94. The van der Waals surface area contributed by atoms with E-state index in [1.807, 2.05) is 13.8 Å². The molecule has 31 heavy (non-hydrogen) atoms. The maximum absolute atomic E-state index is 12.9. The SMILES string of the molecule is CC(C)COC(=O)c1ccc(NC(=O)CN2C(=O)[C@@H]3[C@@H]4C[C@H]([C@H](Br)[C@@H]4Br)[C@@H]3C2=O)cc1. The van der Waals surface area contributed by atoms with Gasteiger partial charge in [0.25, 0.3) is 0 Å². The van der Waals surface area contributed by atoms with Crippen molar-refractivity contribution in [3.63, 3.8) is 0 Å². The van der Waals surface area contributed by atoms with E-state index < -0.39 is 11.9 Å². The Morgan fingerprint density at radius 2 is 1.61 bits per heavy atom. The van der Waals surface area contributed by atoms with Crippen molar-refractivity contribution < 1.29 is 23.9 Å². The summed E-state index contributed by atoms with van der Waals surface area (Å²) < 4.78 is 5.18. The highest BCUT2D eigenvalue weighted by molar-refractivity contribution is 9.12. The first-order chi connectivity index (χ1) is 14.7. The topological polar surface area (TPSA) is 92.8 Å². The van der Waals surface area contributed by atoms with Crippen molar-refractivity contribution in [2.45, 2.75) is 29.9 Å². The molecule has 0 spiro atoms. The third-order valence-electron chi connectivity index (χ3n) is 6.33. The van der Waals surface area contributed by atoms with Gasteiger partial charge in [-0.05, 0) is 48.4 Å². The summed E-state index contributed by atoms with van der Waals surface area (Å²) in [5.74, 6) is -1.55. The Bertz CT molecular complexity index is 887. The molecule has 1 saturated heterocycles. The van der Waals surface area contributed by atoms with Gasteiger partial charge in [0.05, 0.1) is 24.0 Å². The monoisotopic (exact) mass is 554 g/mol. The largest absolute Gasteiger partial charge is 0.462 e.